The lowest BCUT2D eigenvalue weighted by atomic mass is 9.86. The number of nitrogens with zero attached hydrogens (tertiary/aromatic N) is 6. The van der Waals surface area contributed by atoms with Gasteiger partial charge in [0.25, 0.3) is 11.1 Å². The molecule has 3 saturated heterocycles. The summed E-state index contributed by atoms with van der Waals surface area (Å²) < 4.78 is 31.9. The van der Waals surface area contributed by atoms with Crippen LogP contribution >= 0.6 is 9.47 Å². The first-order valence-corrected chi connectivity index (χ1v) is 14.4. The molecule has 10 atom stereocenters. The smallest absolute Gasteiger partial charge is 0.280 e. The number of hydrogen-bond acceptors (Lipinski definition) is 16. The maximum atomic E-state index is 12.2. The van der Waals surface area contributed by atoms with Crippen LogP contribution in [0.25, 0.3) is 22.3 Å². The van der Waals surface area contributed by atoms with Gasteiger partial charge in [0.15, 0.2) is 47.2 Å². The highest BCUT2D eigenvalue weighted by atomic mass is 31.0. The molecule has 0 saturated carbocycles. The number of nitrogens with one attached hydrogen (secondary N) is 2. The van der Waals surface area contributed by atoms with E-state index in [1.165, 1.54) is 28.1 Å². The number of nitrogen functional groups attached to an aromatic ring is 1. The highest BCUT2D eigenvalue weighted by molar-refractivity contribution is 7.09. The summed E-state index contributed by atoms with van der Waals surface area (Å²) in [6.45, 7) is 0.140. The topological polar surface area (TPSA) is 269 Å². The average molecular weight is 652 g/mol. The molecular formula is C24H30N9O11P. The van der Waals surface area contributed by atoms with Crippen LogP contribution in [0.3, 0.4) is 0 Å². The van der Waals surface area contributed by atoms with Crippen LogP contribution in [-0.4, -0.2) is 111 Å². The SMILES string of the molecule is Nc1nc2c(ncn2[C@@H]2O[C@@]3(CCC(O)OC[C@H]4[C@@H](O)[C@H](n5cnc6c(=O)[nH]cnc65)O[C@@H]4COP)CO[C@H]3[C@H]2OO)c(=O)[nH]1. The van der Waals surface area contributed by atoms with Gasteiger partial charge >= 0.3 is 0 Å². The second-order valence-electron chi connectivity index (χ2n) is 11.1. The maximum absolute atomic E-state index is 12.2. The molecule has 4 aromatic rings. The van der Waals surface area contributed by atoms with E-state index in [0.717, 1.165) is 0 Å². The van der Waals surface area contributed by atoms with E-state index in [-0.39, 0.29) is 60.9 Å². The molecule has 0 bridgehead atoms. The second kappa shape index (κ2) is 11.7. The summed E-state index contributed by atoms with van der Waals surface area (Å²) in [6, 6.07) is 0. The third-order valence-corrected chi connectivity index (χ3v) is 8.72. The number of ether oxygens (including phenoxy) is 4. The summed E-state index contributed by atoms with van der Waals surface area (Å²) in [5.74, 6) is -0.747. The highest BCUT2D eigenvalue weighted by Gasteiger charge is 2.64. The second-order valence-corrected chi connectivity index (χ2v) is 11.4. The Balaban J connectivity index is 1.02. The first-order chi connectivity index (χ1) is 21.7. The van der Waals surface area contributed by atoms with E-state index in [9.17, 15) is 25.1 Å². The molecule has 242 valence electrons. The Bertz CT molecular complexity index is 1810. The van der Waals surface area contributed by atoms with Gasteiger partial charge in [0, 0.05) is 21.8 Å². The molecule has 7 heterocycles. The minimum atomic E-state index is -1.27. The van der Waals surface area contributed by atoms with Crippen LogP contribution in [-0.2, 0) is 28.4 Å². The van der Waals surface area contributed by atoms with Crippen molar-refractivity contribution in [3.05, 3.63) is 39.7 Å². The number of aromatic nitrogens is 8. The van der Waals surface area contributed by atoms with Crippen molar-refractivity contribution in [3.8, 4) is 0 Å². The molecule has 4 aromatic heterocycles. The van der Waals surface area contributed by atoms with E-state index in [4.69, 9.17) is 34.1 Å². The third-order valence-electron chi connectivity index (χ3n) is 8.53. The molecule has 0 spiro atoms. The number of H-pyrrole nitrogens is 2. The van der Waals surface area contributed by atoms with Crippen molar-refractivity contribution in [2.45, 2.75) is 61.6 Å². The van der Waals surface area contributed by atoms with Crippen molar-refractivity contribution < 1.29 is 43.8 Å². The Hall–Kier alpha value is -3.43. The quantitative estimate of drug-likeness (QED) is 0.0450. The number of imidazole rings is 2. The van der Waals surface area contributed by atoms with E-state index in [1.54, 1.807) is 0 Å². The predicted octanol–water partition coefficient (Wildman–Crippen LogP) is -1.84. The van der Waals surface area contributed by atoms with Crippen LogP contribution in [0.4, 0.5) is 5.95 Å². The molecular weight excluding hydrogens is 621 g/mol. The maximum Gasteiger partial charge on any atom is 0.280 e. The molecule has 7 N–H and O–H groups in total. The summed E-state index contributed by atoms with van der Waals surface area (Å²) >= 11 is 0. The monoisotopic (exact) mass is 651 g/mol. The summed E-state index contributed by atoms with van der Waals surface area (Å²) in [6.07, 6.45) is -2.39. The zero-order valence-electron chi connectivity index (χ0n) is 23.3. The zero-order chi connectivity index (χ0) is 31.5. The number of aliphatic hydroxyl groups excluding tert-OH is 2. The number of anilines is 1. The van der Waals surface area contributed by atoms with Gasteiger partial charge in [-0.2, -0.15) is 4.98 Å². The molecule has 0 aromatic carbocycles. The van der Waals surface area contributed by atoms with Crippen molar-refractivity contribution in [1.29, 1.82) is 0 Å². The van der Waals surface area contributed by atoms with E-state index in [1.807, 2.05) is 0 Å². The van der Waals surface area contributed by atoms with Gasteiger partial charge in [-0.15, -0.1) is 0 Å². The Morgan fingerprint density at radius 1 is 1.13 bits per heavy atom. The van der Waals surface area contributed by atoms with Gasteiger partial charge in [0.2, 0.25) is 5.95 Å². The Labute approximate surface area is 253 Å². The molecule has 0 radical (unpaired) electrons. The van der Waals surface area contributed by atoms with Crippen LogP contribution in [0.1, 0.15) is 25.3 Å². The number of aromatic amines is 2. The molecule has 21 heteroatoms. The molecule has 0 aliphatic carbocycles. The Morgan fingerprint density at radius 2 is 1.89 bits per heavy atom. The Morgan fingerprint density at radius 3 is 2.60 bits per heavy atom. The standard InChI is InChI=1S/C24H30N9O11P/c25-23-30-18-13(20(37)31-23)29-8-33(18)22-15(44-38)16-24(43-22,5-40-16)2-1-11(34)39-3-9-10(4-41-45)42-21(14(9)35)32-7-28-12-17(32)26-6-27-19(12)36/h6-11,14-16,21-22,34-35,38H,1-5,45H2,(H,26,27,36)(H3,25,30,31,37)/t9-,10-,11?,14-,15-,16+,21-,22-,24+/m1/s1. The van der Waals surface area contributed by atoms with Crippen molar-refractivity contribution in [1.82, 2.24) is 39.0 Å². The number of hydrogen-bond donors (Lipinski definition) is 6. The molecule has 0 amide bonds. The molecule has 2 unspecified atom stereocenters. The van der Waals surface area contributed by atoms with Gasteiger partial charge in [0.05, 0.1) is 44.9 Å². The minimum absolute atomic E-state index is 0.0272. The molecule has 7 rings (SSSR count). The lowest BCUT2D eigenvalue weighted by Crippen LogP contribution is -2.59. The largest absolute Gasteiger partial charge is 0.388 e. The predicted molar refractivity (Wildman–Crippen MR) is 151 cm³/mol. The summed E-state index contributed by atoms with van der Waals surface area (Å²) in [7, 11) is 2.13. The number of rotatable bonds is 11. The Kier molecular flexibility index (Phi) is 7.89. The first kappa shape index (κ1) is 30.2. The van der Waals surface area contributed by atoms with Crippen LogP contribution in [0.15, 0.2) is 28.6 Å². The zero-order valence-corrected chi connectivity index (χ0v) is 24.5. The van der Waals surface area contributed by atoms with E-state index in [0.29, 0.717) is 0 Å². The van der Waals surface area contributed by atoms with Gasteiger partial charge < -0.3 is 44.4 Å². The van der Waals surface area contributed by atoms with Crippen molar-refractivity contribution in [3.63, 3.8) is 0 Å². The first-order valence-electron chi connectivity index (χ1n) is 13.9. The van der Waals surface area contributed by atoms with Crippen LogP contribution in [0.5, 0.6) is 0 Å². The molecule has 3 fully saturated rings. The van der Waals surface area contributed by atoms with Crippen molar-refractivity contribution in [2.24, 2.45) is 5.92 Å². The van der Waals surface area contributed by atoms with E-state index in [2.05, 4.69) is 39.4 Å². The molecule has 3 aliphatic heterocycles. The van der Waals surface area contributed by atoms with Crippen LogP contribution < -0.4 is 16.9 Å². The fourth-order valence-corrected chi connectivity index (χ4v) is 6.44. The molecule has 45 heavy (non-hydrogen) atoms. The van der Waals surface area contributed by atoms with Gasteiger partial charge in [0.1, 0.15) is 17.8 Å². The lowest BCUT2D eigenvalue weighted by molar-refractivity contribution is -0.318. The van der Waals surface area contributed by atoms with Crippen molar-refractivity contribution in [2.75, 3.05) is 25.6 Å². The third kappa shape index (κ3) is 5.03. The highest BCUT2D eigenvalue weighted by Crippen LogP contribution is 2.49. The van der Waals surface area contributed by atoms with Gasteiger partial charge in [-0.05, 0) is 6.42 Å². The molecule has 20 nitrogen and oxygen atoms in total. The van der Waals surface area contributed by atoms with Crippen molar-refractivity contribution >= 4 is 37.7 Å². The molecule has 3 aliphatic rings. The van der Waals surface area contributed by atoms with Gasteiger partial charge in [-0.1, -0.05) is 0 Å². The summed E-state index contributed by atoms with van der Waals surface area (Å²) in [5, 5.41) is 31.7. The van der Waals surface area contributed by atoms with E-state index >= 15 is 0 Å². The van der Waals surface area contributed by atoms with E-state index < -0.39 is 65.8 Å². The lowest BCUT2D eigenvalue weighted by Gasteiger charge is -2.43. The summed E-state index contributed by atoms with van der Waals surface area (Å²) in [4.78, 5) is 50.4. The minimum Gasteiger partial charge on any atom is -0.388 e. The van der Waals surface area contributed by atoms with Gasteiger partial charge in [-0.3, -0.25) is 29.0 Å². The fraction of sp³-hybridized carbons (Fsp3) is 0.583. The number of aliphatic hydroxyl groups is 2. The van der Waals surface area contributed by atoms with Crippen LogP contribution in [0, 0.1) is 5.92 Å². The normalized spacial score (nSPS) is 31.9. The average Bonchev–Trinajstić information content (AvgIpc) is 3.74. The van der Waals surface area contributed by atoms with Crippen LogP contribution in [0.2, 0.25) is 0 Å². The number of fused-ring (bicyclic) bond motifs is 3. The number of nitrogens with two attached hydrogens (primary N) is 1. The summed E-state index contributed by atoms with van der Waals surface area (Å²) in [5.41, 5.74) is 4.28. The van der Waals surface area contributed by atoms with Gasteiger partial charge in [-0.25, -0.2) is 19.8 Å². The fourth-order valence-electron chi connectivity index (χ4n) is 6.25.